The Balaban J connectivity index is 1.52. The van der Waals surface area contributed by atoms with Crippen molar-refractivity contribution in [3.8, 4) is 0 Å². The molecule has 0 radical (unpaired) electrons. The smallest absolute Gasteiger partial charge is 0.243 e. The minimum atomic E-state index is -3.60. The normalized spacial score (nSPS) is 15.2. The Hall–Kier alpha value is -2.46. The fourth-order valence-electron chi connectivity index (χ4n) is 3.78. The number of hydrogen-bond donors (Lipinski definition) is 1. The number of ether oxygens (including phenoxy) is 1. The molecule has 0 spiro atoms. The molecule has 170 valence electrons. The quantitative estimate of drug-likeness (QED) is 0.564. The topological polar surface area (TPSA) is 93.5 Å². The summed E-state index contributed by atoms with van der Waals surface area (Å²) < 4.78 is 34.7. The molecule has 3 aromatic rings. The highest BCUT2D eigenvalue weighted by Gasteiger charge is 2.27. The predicted molar refractivity (Wildman–Crippen MR) is 123 cm³/mol. The highest BCUT2D eigenvalue weighted by molar-refractivity contribution is 7.89. The molecule has 0 bridgehead atoms. The Morgan fingerprint density at radius 1 is 1.16 bits per heavy atom. The molecule has 10 heteroatoms. The molecular formula is C22H25ClN4O4S. The van der Waals surface area contributed by atoms with E-state index in [4.69, 9.17) is 16.3 Å². The molecule has 1 N–H and O–H groups in total. The van der Waals surface area contributed by atoms with E-state index < -0.39 is 10.0 Å². The number of carbonyl (C=O) groups excluding carboxylic acids is 1. The van der Waals surface area contributed by atoms with Crippen molar-refractivity contribution in [2.24, 2.45) is 0 Å². The Morgan fingerprint density at radius 3 is 2.56 bits per heavy atom. The molecule has 1 saturated heterocycles. The molecule has 32 heavy (non-hydrogen) atoms. The Labute approximate surface area is 192 Å². The molecule has 0 saturated carbocycles. The van der Waals surface area contributed by atoms with Gasteiger partial charge in [-0.25, -0.2) is 13.4 Å². The van der Waals surface area contributed by atoms with Gasteiger partial charge in [-0.15, -0.1) is 0 Å². The maximum absolute atomic E-state index is 13.0. The first-order valence-electron chi connectivity index (χ1n) is 10.5. The van der Waals surface area contributed by atoms with E-state index in [1.807, 2.05) is 11.5 Å². The zero-order valence-corrected chi connectivity index (χ0v) is 19.3. The van der Waals surface area contributed by atoms with Gasteiger partial charge in [0.25, 0.3) is 0 Å². The van der Waals surface area contributed by atoms with Gasteiger partial charge in [0.2, 0.25) is 15.9 Å². The summed E-state index contributed by atoms with van der Waals surface area (Å²) in [5.41, 5.74) is 2.14. The van der Waals surface area contributed by atoms with E-state index in [-0.39, 0.29) is 17.2 Å². The highest BCUT2D eigenvalue weighted by atomic mass is 35.5. The van der Waals surface area contributed by atoms with Gasteiger partial charge in [-0.3, -0.25) is 4.79 Å². The maximum Gasteiger partial charge on any atom is 0.243 e. The zero-order valence-electron chi connectivity index (χ0n) is 17.8. The van der Waals surface area contributed by atoms with Crippen molar-refractivity contribution < 1.29 is 17.9 Å². The monoisotopic (exact) mass is 476 g/mol. The second kappa shape index (κ2) is 9.58. The summed E-state index contributed by atoms with van der Waals surface area (Å²) in [6.07, 6.45) is 0.693. The third-order valence-corrected chi connectivity index (χ3v) is 7.57. The fraction of sp³-hybridized carbons (Fsp3) is 0.364. The van der Waals surface area contributed by atoms with Gasteiger partial charge in [0.05, 0.1) is 29.1 Å². The van der Waals surface area contributed by atoms with Crippen LogP contribution in [0.2, 0.25) is 5.02 Å². The fourth-order valence-corrected chi connectivity index (χ4v) is 5.34. The number of amides is 1. The van der Waals surface area contributed by atoms with Gasteiger partial charge in [-0.1, -0.05) is 11.6 Å². The lowest BCUT2D eigenvalue weighted by atomic mass is 10.2. The number of nitrogens with zero attached hydrogens (tertiary/aromatic N) is 3. The first-order valence-corrected chi connectivity index (χ1v) is 12.3. The number of sulfonamides is 1. The minimum Gasteiger partial charge on any atom is -0.379 e. The van der Waals surface area contributed by atoms with Crippen LogP contribution >= 0.6 is 11.6 Å². The van der Waals surface area contributed by atoms with Crippen molar-refractivity contribution in [1.82, 2.24) is 13.9 Å². The zero-order chi connectivity index (χ0) is 22.7. The number of aromatic nitrogens is 2. The van der Waals surface area contributed by atoms with Crippen molar-refractivity contribution in [2.45, 2.75) is 31.2 Å². The SMILES string of the molecule is CCn1c(CCC(=O)Nc2ccc(Cl)cc2)nc2cc(S(=O)(=O)N3CCOCC3)ccc21. The Morgan fingerprint density at radius 2 is 1.88 bits per heavy atom. The molecule has 1 aliphatic heterocycles. The van der Waals surface area contributed by atoms with Gasteiger partial charge in [0.1, 0.15) is 5.82 Å². The van der Waals surface area contributed by atoms with Gasteiger partial charge in [-0.2, -0.15) is 4.31 Å². The van der Waals surface area contributed by atoms with Crippen LogP contribution in [0.1, 0.15) is 19.2 Å². The second-order valence-corrected chi connectivity index (χ2v) is 9.87. The molecule has 1 aliphatic rings. The number of morpholine rings is 1. The van der Waals surface area contributed by atoms with Crippen LogP contribution in [0.25, 0.3) is 11.0 Å². The molecule has 1 aromatic heterocycles. The van der Waals surface area contributed by atoms with Crippen LogP contribution < -0.4 is 5.32 Å². The van der Waals surface area contributed by atoms with Crippen LogP contribution in [-0.4, -0.2) is 54.5 Å². The molecule has 0 aliphatic carbocycles. The number of aryl methyl sites for hydroxylation is 2. The van der Waals surface area contributed by atoms with Gasteiger partial charge in [0, 0.05) is 43.2 Å². The van der Waals surface area contributed by atoms with E-state index >= 15 is 0 Å². The maximum atomic E-state index is 13.0. The second-order valence-electron chi connectivity index (χ2n) is 7.49. The largest absolute Gasteiger partial charge is 0.379 e. The first kappa shape index (κ1) is 22.7. The summed E-state index contributed by atoms with van der Waals surface area (Å²) in [6.45, 7) is 4.15. The summed E-state index contributed by atoms with van der Waals surface area (Å²) in [4.78, 5) is 17.2. The van der Waals surface area contributed by atoms with Gasteiger partial charge < -0.3 is 14.6 Å². The summed E-state index contributed by atoms with van der Waals surface area (Å²) >= 11 is 5.88. The van der Waals surface area contributed by atoms with Gasteiger partial charge in [-0.05, 0) is 49.4 Å². The number of carbonyl (C=O) groups is 1. The summed E-state index contributed by atoms with van der Waals surface area (Å²) in [5, 5.41) is 3.45. The molecule has 1 amide bonds. The molecule has 4 rings (SSSR count). The molecule has 8 nitrogen and oxygen atoms in total. The van der Waals surface area contributed by atoms with Crippen LogP contribution in [0.3, 0.4) is 0 Å². The Kier molecular flexibility index (Phi) is 6.80. The van der Waals surface area contributed by atoms with Gasteiger partial charge >= 0.3 is 0 Å². The van der Waals surface area contributed by atoms with E-state index in [2.05, 4.69) is 10.3 Å². The third-order valence-electron chi connectivity index (χ3n) is 5.43. The number of nitrogens with one attached hydrogen (secondary N) is 1. The van der Waals surface area contributed by atoms with Crippen LogP contribution in [0.4, 0.5) is 5.69 Å². The average Bonchev–Trinajstić information content (AvgIpc) is 3.16. The van der Waals surface area contributed by atoms with Crippen molar-refractivity contribution in [2.75, 3.05) is 31.6 Å². The van der Waals surface area contributed by atoms with Crippen molar-refractivity contribution >= 4 is 44.3 Å². The number of rotatable bonds is 7. The van der Waals surface area contributed by atoms with Gasteiger partial charge in [0.15, 0.2) is 0 Å². The van der Waals surface area contributed by atoms with E-state index in [9.17, 15) is 13.2 Å². The third kappa shape index (κ3) is 4.80. The lowest BCUT2D eigenvalue weighted by molar-refractivity contribution is -0.116. The molecule has 0 atom stereocenters. The molecule has 2 aromatic carbocycles. The molecule has 0 unspecified atom stereocenters. The highest BCUT2D eigenvalue weighted by Crippen LogP contribution is 2.24. The van der Waals surface area contributed by atoms with E-state index in [1.54, 1.807) is 42.5 Å². The number of imidazole rings is 1. The van der Waals surface area contributed by atoms with E-state index in [0.29, 0.717) is 55.5 Å². The minimum absolute atomic E-state index is 0.127. The number of benzene rings is 2. The molecule has 1 fully saturated rings. The van der Waals surface area contributed by atoms with Crippen LogP contribution in [0, 0.1) is 0 Å². The molecular weight excluding hydrogens is 452 g/mol. The Bertz CT molecular complexity index is 1220. The summed E-state index contributed by atoms with van der Waals surface area (Å²) in [7, 11) is -3.60. The standard InChI is InChI=1S/C22H25ClN4O4S/c1-2-27-20-8-7-18(32(29,30)26-11-13-31-14-12-26)15-19(20)25-21(27)9-10-22(28)24-17-5-3-16(23)4-6-17/h3-8,15H,2,9-14H2,1H3,(H,24,28). The van der Waals surface area contributed by atoms with E-state index in [1.165, 1.54) is 4.31 Å². The average molecular weight is 477 g/mol. The molecule has 2 heterocycles. The number of anilines is 1. The van der Waals surface area contributed by atoms with Crippen molar-refractivity contribution in [1.29, 1.82) is 0 Å². The summed E-state index contributed by atoms with van der Waals surface area (Å²) in [6, 6.07) is 12.0. The van der Waals surface area contributed by atoms with Crippen LogP contribution in [-0.2, 0) is 32.5 Å². The number of fused-ring (bicyclic) bond motifs is 1. The first-order chi connectivity index (χ1) is 15.4. The van der Waals surface area contributed by atoms with Crippen molar-refractivity contribution in [3.05, 3.63) is 53.3 Å². The van der Waals surface area contributed by atoms with Crippen molar-refractivity contribution in [3.63, 3.8) is 0 Å². The lowest BCUT2D eigenvalue weighted by Crippen LogP contribution is -2.40. The summed E-state index contributed by atoms with van der Waals surface area (Å²) in [5.74, 6) is 0.618. The van der Waals surface area contributed by atoms with E-state index in [0.717, 1.165) is 11.3 Å². The number of hydrogen-bond acceptors (Lipinski definition) is 5. The number of halogens is 1. The lowest BCUT2D eigenvalue weighted by Gasteiger charge is -2.26. The predicted octanol–water partition coefficient (Wildman–Crippen LogP) is 3.30. The van der Waals surface area contributed by atoms with Crippen LogP contribution in [0.5, 0.6) is 0 Å². The van der Waals surface area contributed by atoms with Crippen LogP contribution in [0.15, 0.2) is 47.4 Å².